The predicted octanol–water partition coefficient (Wildman–Crippen LogP) is -0.0733. The average molecular weight is 240 g/mol. The molecule has 0 saturated carbocycles. The van der Waals surface area contributed by atoms with Gasteiger partial charge in [0.25, 0.3) is 0 Å². The number of hydrogen-bond donors (Lipinski definition) is 2. The van der Waals surface area contributed by atoms with E-state index in [4.69, 9.17) is 5.73 Å². The number of nitrogens with zero attached hydrogens (tertiary/aromatic N) is 2. The number of carbonyl (C=O) groups excluding carboxylic acids is 1. The van der Waals surface area contributed by atoms with Crippen LogP contribution in [0, 0.1) is 11.8 Å². The predicted molar refractivity (Wildman–Crippen MR) is 67.7 cm³/mol. The van der Waals surface area contributed by atoms with Gasteiger partial charge in [-0.25, -0.2) is 4.79 Å². The number of carbonyl (C=O) groups is 1. The van der Waals surface area contributed by atoms with Crippen LogP contribution in [0.3, 0.4) is 0 Å². The fraction of sp³-hybridized carbons (Fsp3) is 0.917. The highest BCUT2D eigenvalue weighted by Crippen LogP contribution is 2.22. The van der Waals surface area contributed by atoms with Gasteiger partial charge in [0, 0.05) is 19.6 Å². The molecule has 0 aromatic rings. The van der Waals surface area contributed by atoms with Gasteiger partial charge in [-0.2, -0.15) is 0 Å². The minimum atomic E-state index is 0.0878. The fourth-order valence-corrected chi connectivity index (χ4v) is 2.79. The Bertz CT molecular complexity index is 284. The third kappa shape index (κ3) is 2.90. The quantitative estimate of drug-likeness (QED) is 0.723. The summed E-state index contributed by atoms with van der Waals surface area (Å²) in [6.07, 6.45) is 1.20. The van der Waals surface area contributed by atoms with Crippen molar-refractivity contribution >= 4 is 6.03 Å². The standard InChI is InChI=1S/C12H24N4O/c1-9(5-13)6-16-8-11(14-12(16)17)10-3-4-15(2)7-10/h9-11H,3-8,13H2,1-2H3,(H,14,17). The van der Waals surface area contributed by atoms with E-state index in [1.807, 2.05) is 4.90 Å². The molecule has 17 heavy (non-hydrogen) atoms. The third-order valence-electron chi connectivity index (χ3n) is 3.94. The minimum absolute atomic E-state index is 0.0878. The van der Waals surface area contributed by atoms with Crippen LogP contribution in [-0.4, -0.2) is 61.6 Å². The van der Waals surface area contributed by atoms with Crippen LogP contribution >= 0.6 is 0 Å². The van der Waals surface area contributed by atoms with Crippen LogP contribution in [0.15, 0.2) is 0 Å². The van der Waals surface area contributed by atoms with Crippen molar-refractivity contribution in [3.63, 3.8) is 0 Å². The van der Waals surface area contributed by atoms with Gasteiger partial charge < -0.3 is 20.9 Å². The molecule has 0 aromatic heterocycles. The normalized spacial score (nSPS) is 31.9. The van der Waals surface area contributed by atoms with E-state index >= 15 is 0 Å². The van der Waals surface area contributed by atoms with E-state index in [0.717, 1.165) is 26.2 Å². The number of rotatable bonds is 4. The molecule has 0 spiro atoms. The first-order valence-electron chi connectivity index (χ1n) is 6.54. The molecule has 2 rings (SSSR count). The largest absolute Gasteiger partial charge is 0.333 e. The number of likely N-dealkylation sites (tertiary alicyclic amines) is 1. The first kappa shape index (κ1) is 12.6. The topological polar surface area (TPSA) is 61.6 Å². The summed E-state index contributed by atoms with van der Waals surface area (Å²) in [5.74, 6) is 0.993. The molecular formula is C12H24N4O. The van der Waals surface area contributed by atoms with Gasteiger partial charge in [0.1, 0.15) is 0 Å². The molecule has 0 aromatic carbocycles. The lowest BCUT2D eigenvalue weighted by atomic mass is 9.99. The van der Waals surface area contributed by atoms with Crippen LogP contribution in [0.25, 0.3) is 0 Å². The lowest BCUT2D eigenvalue weighted by molar-refractivity contribution is 0.210. The Labute approximate surface area is 103 Å². The lowest BCUT2D eigenvalue weighted by Gasteiger charge is -2.20. The molecule has 2 amide bonds. The van der Waals surface area contributed by atoms with Crippen molar-refractivity contribution in [3.8, 4) is 0 Å². The van der Waals surface area contributed by atoms with E-state index in [1.54, 1.807) is 0 Å². The van der Waals surface area contributed by atoms with E-state index in [2.05, 4.69) is 24.2 Å². The van der Waals surface area contributed by atoms with Crippen molar-refractivity contribution < 1.29 is 4.79 Å². The van der Waals surface area contributed by atoms with E-state index in [9.17, 15) is 4.79 Å². The average Bonchev–Trinajstić information content (AvgIpc) is 2.86. The molecule has 3 N–H and O–H groups in total. The number of nitrogens with two attached hydrogens (primary N) is 1. The zero-order valence-corrected chi connectivity index (χ0v) is 10.9. The molecule has 3 atom stereocenters. The Morgan fingerprint density at radius 3 is 2.88 bits per heavy atom. The number of nitrogens with one attached hydrogen (secondary N) is 1. The third-order valence-corrected chi connectivity index (χ3v) is 3.94. The molecule has 2 aliphatic heterocycles. The van der Waals surface area contributed by atoms with Crippen LogP contribution < -0.4 is 11.1 Å². The molecule has 0 aliphatic carbocycles. The monoisotopic (exact) mass is 240 g/mol. The Morgan fingerprint density at radius 1 is 1.53 bits per heavy atom. The maximum atomic E-state index is 11.8. The maximum absolute atomic E-state index is 11.8. The number of urea groups is 1. The van der Waals surface area contributed by atoms with Crippen molar-refractivity contribution in [2.45, 2.75) is 19.4 Å². The molecular weight excluding hydrogens is 216 g/mol. The maximum Gasteiger partial charge on any atom is 0.317 e. The van der Waals surface area contributed by atoms with Gasteiger partial charge in [0.05, 0.1) is 6.04 Å². The van der Waals surface area contributed by atoms with Crippen molar-refractivity contribution in [1.29, 1.82) is 0 Å². The van der Waals surface area contributed by atoms with Crippen molar-refractivity contribution in [2.24, 2.45) is 17.6 Å². The van der Waals surface area contributed by atoms with Gasteiger partial charge in [-0.05, 0) is 38.4 Å². The Morgan fingerprint density at radius 2 is 2.29 bits per heavy atom. The molecule has 98 valence electrons. The highest BCUT2D eigenvalue weighted by atomic mass is 16.2. The van der Waals surface area contributed by atoms with Gasteiger partial charge in [0.2, 0.25) is 0 Å². The first-order chi connectivity index (χ1) is 8.10. The Kier molecular flexibility index (Phi) is 3.89. The Hall–Kier alpha value is -0.810. The zero-order valence-electron chi connectivity index (χ0n) is 10.9. The summed E-state index contributed by atoms with van der Waals surface area (Å²) in [4.78, 5) is 16.1. The number of amides is 2. The van der Waals surface area contributed by atoms with Gasteiger partial charge in [-0.3, -0.25) is 0 Å². The number of hydrogen-bond acceptors (Lipinski definition) is 3. The second-order valence-electron chi connectivity index (χ2n) is 5.61. The molecule has 2 saturated heterocycles. The molecule has 2 heterocycles. The SMILES string of the molecule is CC(CN)CN1CC(C2CCN(C)C2)NC1=O. The van der Waals surface area contributed by atoms with Crippen LogP contribution in [0.4, 0.5) is 4.79 Å². The van der Waals surface area contributed by atoms with Gasteiger partial charge >= 0.3 is 6.03 Å². The highest BCUT2D eigenvalue weighted by Gasteiger charge is 2.36. The summed E-state index contributed by atoms with van der Waals surface area (Å²) in [5.41, 5.74) is 5.61. The second-order valence-corrected chi connectivity index (χ2v) is 5.61. The first-order valence-corrected chi connectivity index (χ1v) is 6.54. The summed E-state index contributed by atoms with van der Waals surface area (Å²) in [5, 5.41) is 3.12. The molecule has 2 aliphatic rings. The molecule has 5 heteroatoms. The summed E-state index contributed by atoms with van der Waals surface area (Å²) >= 11 is 0. The molecule has 0 radical (unpaired) electrons. The van der Waals surface area contributed by atoms with Crippen LogP contribution in [0.2, 0.25) is 0 Å². The van der Waals surface area contributed by atoms with E-state index in [-0.39, 0.29) is 6.03 Å². The summed E-state index contributed by atoms with van der Waals surface area (Å²) < 4.78 is 0. The van der Waals surface area contributed by atoms with Crippen molar-refractivity contribution in [3.05, 3.63) is 0 Å². The van der Waals surface area contributed by atoms with E-state index in [1.165, 1.54) is 6.42 Å². The van der Waals surface area contributed by atoms with Gasteiger partial charge in [-0.1, -0.05) is 6.92 Å². The van der Waals surface area contributed by atoms with Gasteiger partial charge in [-0.15, -0.1) is 0 Å². The van der Waals surface area contributed by atoms with Crippen LogP contribution in [-0.2, 0) is 0 Å². The fourth-order valence-electron chi connectivity index (χ4n) is 2.79. The summed E-state index contributed by atoms with van der Waals surface area (Å²) in [6.45, 7) is 6.61. The van der Waals surface area contributed by atoms with Gasteiger partial charge in [0.15, 0.2) is 0 Å². The van der Waals surface area contributed by atoms with Crippen LogP contribution in [0.5, 0.6) is 0 Å². The van der Waals surface area contributed by atoms with E-state index < -0.39 is 0 Å². The van der Waals surface area contributed by atoms with Crippen molar-refractivity contribution in [1.82, 2.24) is 15.1 Å². The van der Waals surface area contributed by atoms with Crippen LogP contribution in [0.1, 0.15) is 13.3 Å². The molecule has 5 nitrogen and oxygen atoms in total. The smallest absolute Gasteiger partial charge is 0.317 e. The van der Waals surface area contributed by atoms with Crippen molar-refractivity contribution in [2.75, 3.05) is 39.8 Å². The summed E-state index contributed by atoms with van der Waals surface area (Å²) in [7, 11) is 2.14. The molecule has 0 bridgehead atoms. The highest BCUT2D eigenvalue weighted by molar-refractivity contribution is 5.77. The molecule has 2 fully saturated rings. The lowest BCUT2D eigenvalue weighted by Crippen LogP contribution is -2.35. The minimum Gasteiger partial charge on any atom is -0.333 e. The zero-order chi connectivity index (χ0) is 12.4. The summed E-state index contributed by atoms with van der Waals surface area (Å²) in [6, 6.07) is 0.419. The molecule has 3 unspecified atom stereocenters. The Balaban J connectivity index is 1.86. The van der Waals surface area contributed by atoms with E-state index in [0.29, 0.717) is 24.4 Å². The second kappa shape index (κ2) is 5.23.